The van der Waals surface area contributed by atoms with Crippen LogP contribution in [0, 0.1) is 0 Å². The largest absolute Gasteiger partial charge is 0.478 e. The Bertz CT molecular complexity index is 434. The fourth-order valence-electron chi connectivity index (χ4n) is 1.39. The molecule has 0 aromatic heterocycles. The van der Waals surface area contributed by atoms with Crippen LogP contribution >= 0.6 is 0 Å². The number of aromatic carboxylic acids is 1. The molecule has 0 aliphatic rings. The summed E-state index contributed by atoms with van der Waals surface area (Å²) < 4.78 is 4.76. The minimum Gasteiger partial charge on any atom is -0.478 e. The van der Waals surface area contributed by atoms with E-state index in [-0.39, 0.29) is 24.6 Å². The van der Waals surface area contributed by atoms with Gasteiger partial charge < -0.3 is 20.9 Å². The molecule has 0 saturated carbocycles. The third kappa shape index (κ3) is 4.15. The van der Waals surface area contributed by atoms with E-state index in [9.17, 15) is 9.59 Å². The van der Waals surface area contributed by atoms with Crippen molar-refractivity contribution in [2.75, 3.05) is 13.7 Å². The second kappa shape index (κ2) is 6.73. The number of rotatable bonds is 6. The third-order valence-corrected chi connectivity index (χ3v) is 2.32. The lowest BCUT2D eigenvalue weighted by Gasteiger charge is -2.11. The number of nitrogens with two attached hydrogens (primary N) is 1. The number of carbonyl (C=O) groups is 2. The van der Waals surface area contributed by atoms with Gasteiger partial charge in [-0.05, 0) is 17.7 Å². The van der Waals surface area contributed by atoms with Crippen LogP contribution in [0.5, 0.6) is 0 Å². The quantitative estimate of drug-likeness (QED) is 0.660. The van der Waals surface area contributed by atoms with Crippen LogP contribution in [0.15, 0.2) is 24.3 Å². The predicted octanol–water partition coefficient (Wildman–Crippen LogP) is -0.0253. The van der Waals surface area contributed by atoms with Gasteiger partial charge >= 0.3 is 5.97 Å². The second-order valence-electron chi connectivity index (χ2n) is 3.79. The Balaban J connectivity index is 2.55. The Morgan fingerprint density at radius 1 is 1.50 bits per heavy atom. The zero-order chi connectivity index (χ0) is 13.5. The first kappa shape index (κ1) is 14.1. The highest BCUT2D eigenvalue weighted by atomic mass is 16.5. The summed E-state index contributed by atoms with van der Waals surface area (Å²) in [7, 11) is 1.46. The molecule has 0 radical (unpaired) electrons. The number of nitrogens with one attached hydrogen (secondary N) is 1. The summed E-state index contributed by atoms with van der Waals surface area (Å²) >= 11 is 0. The molecule has 1 rings (SSSR count). The Labute approximate surface area is 105 Å². The summed E-state index contributed by atoms with van der Waals surface area (Å²) in [5, 5.41) is 11.4. The minimum absolute atomic E-state index is 0.140. The van der Waals surface area contributed by atoms with Crippen molar-refractivity contribution in [3.63, 3.8) is 0 Å². The minimum atomic E-state index is -1.00. The molecule has 0 aliphatic heterocycles. The number of carbonyl (C=O) groups excluding carboxylic acids is 1. The Kier molecular flexibility index (Phi) is 5.29. The summed E-state index contributed by atoms with van der Waals surface area (Å²) in [5.41, 5.74) is 6.42. The van der Waals surface area contributed by atoms with Gasteiger partial charge in [0.25, 0.3) is 0 Å². The van der Waals surface area contributed by atoms with Crippen LogP contribution in [0.1, 0.15) is 15.9 Å². The van der Waals surface area contributed by atoms with Gasteiger partial charge in [-0.15, -0.1) is 0 Å². The van der Waals surface area contributed by atoms with E-state index in [1.165, 1.54) is 19.2 Å². The van der Waals surface area contributed by atoms with Crippen LogP contribution in [0.4, 0.5) is 0 Å². The Morgan fingerprint density at radius 2 is 2.22 bits per heavy atom. The highest BCUT2D eigenvalue weighted by Gasteiger charge is 2.12. The van der Waals surface area contributed by atoms with Crippen molar-refractivity contribution in [2.45, 2.75) is 12.6 Å². The fourth-order valence-corrected chi connectivity index (χ4v) is 1.39. The summed E-state index contributed by atoms with van der Waals surface area (Å²) in [6.45, 7) is 0.373. The smallest absolute Gasteiger partial charge is 0.335 e. The zero-order valence-corrected chi connectivity index (χ0v) is 10.1. The molecule has 98 valence electrons. The van der Waals surface area contributed by atoms with Crippen LogP contribution in [-0.4, -0.2) is 36.7 Å². The monoisotopic (exact) mass is 252 g/mol. The first-order chi connectivity index (χ1) is 8.54. The molecule has 0 saturated heterocycles. The molecule has 1 aromatic rings. The number of ether oxygens (including phenoxy) is 1. The van der Waals surface area contributed by atoms with E-state index in [4.69, 9.17) is 15.6 Å². The average Bonchev–Trinajstić information content (AvgIpc) is 2.36. The first-order valence-corrected chi connectivity index (χ1v) is 5.39. The van der Waals surface area contributed by atoms with Crippen molar-refractivity contribution in [3.05, 3.63) is 35.4 Å². The molecular weight excluding hydrogens is 236 g/mol. The van der Waals surface area contributed by atoms with Crippen LogP contribution < -0.4 is 11.1 Å². The van der Waals surface area contributed by atoms with E-state index < -0.39 is 12.0 Å². The molecule has 4 N–H and O–H groups in total. The van der Waals surface area contributed by atoms with Crippen molar-refractivity contribution < 1.29 is 19.4 Å². The van der Waals surface area contributed by atoms with Gasteiger partial charge in [-0.3, -0.25) is 4.79 Å². The third-order valence-electron chi connectivity index (χ3n) is 2.32. The van der Waals surface area contributed by atoms with E-state index in [2.05, 4.69) is 5.32 Å². The first-order valence-electron chi connectivity index (χ1n) is 5.39. The van der Waals surface area contributed by atoms with Crippen molar-refractivity contribution in [1.29, 1.82) is 0 Å². The van der Waals surface area contributed by atoms with Crippen LogP contribution in [-0.2, 0) is 16.1 Å². The van der Waals surface area contributed by atoms with E-state index >= 15 is 0 Å². The molecule has 1 atom stereocenters. The van der Waals surface area contributed by atoms with E-state index in [1.54, 1.807) is 12.1 Å². The lowest BCUT2D eigenvalue weighted by molar-refractivity contribution is -0.123. The average molecular weight is 252 g/mol. The van der Waals surface area contributed by atoms with Crippen LogP contribution in [0.2, 0.25) is 0 Å². The maximum atomic E-state index is 11.5. The number of amides is 1. The zero-order valence-electron chi connectivity index (χ0n) is 10.1. The number of carboxylic acid groups (broad SMARTS) is 1. The topological polar surface area (TPSA) is 102 Å². The number of hydrogen-bond acceptors (Lipinski definition) is 4. The molecule has 0 bridgehead atoms. The number of benzene rings is 1. The summed E-state index contributed by atoms with van der Waals surface area (Å²) in [6.07, 6.45) is 0. The van der Waals surface area contributed by atoms with Crippen molar-refractivity contribution >= 4 is 11.9 Å². The predicted molar refractivity (Wildman–Crippen MR) is 65.1 cm³/mol. The van der Waals surface area contributed by atoms with Gasteiger partial charge in [0.1, 0.15) is 6.04 Å². The number of methoxy groups -OCH3 is 1. The van der Waals surface area contributed by atoms with Crippen LogP contribution in [0.25, 0.3) is 0 Å². The summed E-state index contributed by atoms with van der Waals surface area (Å²) in [5.74, 6) is -1.34. The normalized spacial score (nSPS) is 11.9. The molecule has 0 spiro atoms. The molecule has 0 fully saturated rings. The molecule has 0 aliphatic carbocycles. The molecule has 1 unspecified atom stereocenters. The van der Waals surface area contributed by atoms with Gasteiger partial charge in [-0.2, -0.15) is 0 Å². The van der Waals surface area contributed by atoms with E-state index in [0.29, 0.717) is 5.56 Å². The number of carboxylic acids is 1. The molecule has 1 aromatic carbocycles. The summed E-state index contributed by atoms with van der Waals surface area (Å²) in [4.78, 5) is 22.3. The standard InChI is InChI=1S/C12H16N2O4/c1-18-7-10(13)11(15)14-6-8-3-2-4-9(5-8)12(16)17/h2-5,10H,6-7,13H2,1H3,(H,14,15)(H,16,17). The molecule has 1 amide bonds. The van der Waals surface area contributed by atoms with Crippen molar-refractivity contribution in [1.82, 2.24) is 5.32 Å². The lowest BCUT2D eigenvalue weighted by Crippen LogP contribution is -2.43. The van der Waals surface area contributed by atoms with Crippen molar-refractivity contribution in [2.24, 2.45) is 5.73 Å². The summed E-state index contributed by atoms with van der Waals surface area (Å²) in [6, 6.07) is 5.63. The SMILES string of the molecule is COCC(N)C(=O)NCc1cccc(C(=O)O)c1. The lowest BCUT2D eigenvalue weighted by atomic mass is 10.1. The Morgan fingerprint density at radius 3 is 2.83 bits per heavy atom. The molecule has 6 nitrogen and oxygen atoms in total. The number of hydrogen-bond donors (Lipinski definition) is 3. The molecule has 18 heavy (non-hydrogen) atoms. The highest BCUT2D eigenvalue weighted by Crippen LogP contribution is 2.05. The van der Waals surface area contributed by atoms with Gasteiger partial charge in [0, 0.05) is 13.7 Å². The van der Waals surface area contributed by atoms with E-state index in [1.807, 2.05) is 0 Å². The van der Waals surface area contributed by atoms with Crippen molar-refractivity contribution in [3.8, 4) is 0 Å². The van der Waals surface area contributed by atoms with Gasteiger partial charge in [-0.1, -0.05) is 12.1 Å². The van der Waals surface area contributed by atoms with E-state index in [0.717, 1.165) is 0 Å². The second-order valence-corrected chi connectivity index (χ2v) is 3.79. The molecule has 0 heterocycles. The molecular formula is C12H16N2O4. The maximum Gasteiger partial charge on any atom is 0.335 e. The Hall–Kier alpha value is -1.92. The molecule has 6 heteroatoms. The van der Waals surface area contributed by atoms with Gasteiger partial charge in [0.05, 0.1) is 12.2 Å². The maximum absolute atomic E-state index is 11.5. The fraction of sp³-hybridized carbons (Fsp3) is 0.333. The van der Waals surface area contributed by atoms with Crippen LogP contribution in [0.3, 0.4) is 0 Å². The highest BCUT2D eigenvalue weighted by molar-refractivity contribution is 5.87. The van der Waals surface area contributed by atoms with Gasteiger partial charge in [0.15, 0.2) is 0 Å². The van der Waals surface area contributed by atoms with Gasteiger partial charge in [0.2, 0.25) is 5.91 Å². The van der Waals surface area contributed by atoms with Gasteiger partial charge in [-0.25, -0.2) is 4.79 Å².